The van der Waals surface area contributed by atoms with Crippen LogP contribution in [0.2, 0.25) is 5.02 Å². The number of benzene rings is 2. The predicted octanol–water partition coefficient (Wildman–Crippen LogP) is 5.73. The predicted molar refractivity (Wildman–Crippen MR) is 148 cm³/mol. The molecule has 200 valence electrons. The van der Waals surface area contributed by atoms with Gasteiger partial charge in [0.25, 0.3) is 0 Å². The molecule has 0 fully saturated rings. The highest BCUT2D eigenvalue weighted by Crippen LogP contribution is 2.48. The Labute approximate surface area is 227 Å². The molecule has 2 aliphatic rings. The van der Waals surface area contributed by atoms with Crippen LogP contribution < -0.4 is 9.47 Å². The molecule has 1 aliphatic heterocycles. The Morgan fingerprint density at radius 1 is 1.08 bits per heavy atom. The maximum Gasteiger partial charge on any atom is 0.243 e. The van der Waals surface area contributed by atoms with Gasteiger partial charge in [0, 0.05) is 36.3 Å². The minimum atomic E-state index is -3.55. The van der Waals surface area contributed by atoms with E-state index < -0.39 is 10.0 Å². The van der Waals surface area contributed by atoms with E-state index in [1.54, 1.807) is 37.6 Å². The number of halogens is 2. The number of hydrogen-bond donors (Lipinski definition) is 0. The fourth-order valence-corrected chi connectivity index (χ4v) is 7.71. The molecule has 36 heavy (non-hydrogen) atoms. The molecule has 1 atom stereocenters. The number of unbranched alkanes of at least 4 members (excludes halogenated alkanes) is 1. The van der Waals surface area contributed by atoms with Crippen LogP contribution in [0.25, 0.3) is 0 Å². The third-order valence-electron chi connectivity index (χ3n) is 7.54. The van der Waals surface area contributed by atoms with Gasteiger partial charge in [-0.1, -0.05) is 18.5 Å². The van der Waals surface area contributed by atoms with Gasteiger partial charge >= 0.3 is 0 Å². The summed E-state index contributed by atoms with van der Waals surface area (Å²) in [6.45, 7) is 8.51. The normalized spacial score (nSPS) is 17.1. The Bertz CT molecular complexity index is 1200. The minimum absolute atomic E-state index is 0. The zero-order valence-corrected chi connectivity index (χ0v) is 24.3. The zero-order chi connectivity index (χ0) is 25.3. The van der Waals surface area contributed by atoms with Crippen LogP contribution in [0.3, 0.4) is 0 Å². The SMILES string of the molecule is CCN(CCCCN1CCc2cc(OC)c(OC)c3c2C1CC3)S(=O)(=O)c1cc(C)c(Cl)cc1C.Cl. The van der Waals surface area contributed by atoms with Crippen molar-refractivity contribution in [3.63, 3.8) is 0 Å². The third kappa shape index (κ3) is 5.37. The van der Waals surface area contributed by atoms with Crippen LogP contribution >= 0.6 is 24.0 Å². The molecular weight excluding hydrogens is 519 g/mol. The molecule has 1 heterocycles. The summed E-state index contributed by atoms with van der Waals surface area (Å²) < 4.78 is 39.6. The molecule has 2 aromatic rings. The van der Waals surface area contributed by atoms with Gasteiger partial charge in [0.05, 0.1) is 19.1 Å². The highest BCUT2D eigenvalue weighted by atomic mass is 35.5. The smallest absolute Gasteiger partial charge is 0.243 e. The lowest BCUT2D eigenvalue weighted by molar-refractivity contribution is 0.180. The number of sulfonamides is 1. The molecule has 0 amide bonds. The van der Waals surface area contributed by atoms with Gasteiger partial charge in [0.1, 0.15) is 0 Å². The van der Waals surface area contributed by atoms with E-state index in [0.29, 0.717) is 34.6 Å². The van der Waals surface area contributed by atoms with E-state index in [-0.39, 0.29) is 12.4 Å². The summed E-state index contributed by atoms with van der Waals surface area (Å²) in [6, 6.07) is 6.01. The lowest BCUT2D eigenvalue weighted by Crippen LogP contribution is -2.36. The van der Waals surface area contributed by atoms with Gasteiger partial charge < -0.3 is 9.47 Å². The van der Waals surface area contributed by atoms with Gasteiger partial charge in [-0.05, 0) is 92.9 Å². The Morgan fingerprint density at radius 2 is 1.83 bits per heavy atom. The summed E-state index contributed by atoms with van der Waals surface area (Å²) in [5, 5.41) is 0.596. The van der Waals surface area contributed by atoms with Crippen LogP contribution in [0.1, 0.15) is 60.0 Å². The van der Waals surface area contributed by atoms with Gasteiger partial charge in [0.2, 0.25) is 10.0 Å². The summed E-state index contributed by atoms with van der Waals surface area (Å²) in [5.41, 5.74) is 5.58. The first-order valence-electron chi connectivity index (χ1n) is 12.5. The van der Waals surface area contributed by atoms with Crippen LogP contribution in [-0.4, -0.2) is 58.0 Å². The fraction of sp³-hybridized carbons (Fsp3) is 0.556. The molecule has 6 nitrogen and oxygen atoms in total. The number of methoxy groups -OCH3 is 2. The van der Waals surface area contributed by atoms with Crippen LogP contribution in [0.4, 0.5) is 0 Å². The van der Waals surface area contributed by atoms with Gasteiger partial charge in [-0.2, -0.15) is 4.31 Å². The average molecular weight is 558 g/mol. The van der Waals surface area contributed by atoms with Crippen molar-refractivity contribution >= 4 is 34.0 Å². The van der Waals surface area contributed by atoms with Gasteiger partial charge in [0.15, 0.2) is 11.5 Å². The molecule has 0 aromatic heterocycles. The van der Waals surface area contributed by atoms with Crippen molar-refractivity contribution in [2.24, 2.45) is 0 Å². The van der Waals surface area contributed by atoms with Crippen molar-refractivity contribution in [3.8, 4) is 11.5 Å². The Kier molecular flexibility index (Phi) is 9.61. The Morgan fingerprint density at radius 3 is 2.50 bits per heavy atom. The van der Waals surface area contributed by atoms with Crippen LogP contribution in [0.15, 0.2) is 23.1 Å². The summed E-state index contributed by atoms with van der Waals surface area (Å²) in [6.07, 6.45) is 4.89. The molecule has 0 radical (unpaired) electrons. The molecule has 1 unspecified atom stereocenters. The maximum absolute atomic E-state index is 13.3. The lowest BCUT2D eigenvalue weighted by atomic mass is 9.92. The largest absolute Gasteiger partial charge is 0.493 e. The molecule has 0 bridgehead atoms. The van der Waals surface area contributed by atoms with E-state index in [0.717, 1.165) is 62.3 Å². The van der Waals surface area contributed by atoms with Crippen LogP contribution in [-0.2, 0) is 22.9 Å². The first-order chi connectivity index (χ1) is 16.7. The highest BCUT2D eigenvalue weighted by molar-refractivity contribution is 7.89. The second kappa shape index (κ2) is 11.9. The number of rotatable bonds is 10. The van der Waals surface area contributed by atoms with Gasteiger partial charge in [-0.3, -0.25) is 4.90 Å². The molecule has 4 rings (SSSR count). The maximum atomic E-state index is 13.3. The molecule has 2 aromatic carbocycles. The van der Waals surface area contributed by atoms with E-state index in [1.807, 2.05) is 13.8 Å². The topological polar surface area (TPSA) is 59.1 Å². The van der Waals surface area contributed by atoms with E-state index >= 15 is 0 Å². The van der Waals surface area contributed by atoms with Crippen LogP contribution in [0, 0.1) is 13.8 Å². The third-order valence-corrected chi connectivity index (χ3v) is 10.1. The van der Waals surface area contributed by atoms with E-state index in [2.05, 4.69) is 11.0 Å². The quantitative estimate of drug-likeness (QED) is 0.349. The monoisotopic (exact) mass is 556 g/mol. The lowest BCUT2D eigenvalue weighted by Gasteiger charge is -2.35. The zero-order valence-electron chi connectivity index (χ0n) is 21.9. The first kappa shape index (κ1) is 29.1. The van der Waals surface area contributed by atoms with Crippen molar-refractivity contribution < 1.29 is 17.9 Å². The molecule has 0 N–H and O–H groups in total. The van der Waals surface area contributed by atoms with E-state index in [4.69, 9.17) is 21.1 Å². The molecule has 0 saturated heterocycles. The molecule has 9 heteroatoms. The van der Waals surface area contributed by atoms with E-state index in [9.17, 15) is 8.42 Å². The number of aryl methyl sites for hydroxylation is 2. The molecule has 0 saturated carbocycles. The minimum Gasteiger partial charge on any atom is -0.493 e. The van der Waals surface area contributed by atoms with Crippen molar-refractivity contribution in [1.82, 2.24) is 9.21 Å². The number of nitrogens with zero attached hydrogens (tertiary/aromatic N) is 2. The molecule has 1 aliphatic carbocycles. The summed E-state index contributed by atoms with van der Waals surface area (Å²) in [5.74, 6) is 1.72. The first-order valence-corrected chi connectivity index (χ1v) is 14.3. The number of hydrogen-bond acceptors (Lipinski definition) is 5. The van der Waals surface area contributed by atoms with Crippen molar-refractivity contribution in [3.05, 3.63) is 51.0 Å². The van der Waals surface area contributed by atoms with Crippen molar-refractivity contribution in [2.45, 2.75) is 63.8 Å². The summed E-state index contributed by atoms with van der Waals surface area (Å²) >= 11 is 6.19. The molecule has 0 spiro atoms. The Balaban J connectivity index is 0.00000361. The van der Waals surface area contributed by atoms with E-state index in [1.165, 1.54) is 16.7 Å². The summed E-state index contributed by atoms with van der Waals surface area (Å²) in [4.78, 5) is 2.93. The Hall–Kier alpha value is -1.51. The standard InChI is InChI=1S/C27H37ClN2O4S.ClH/c1-6-30(35(31,32)25-16-18(2)22(28)15-19(25)3)13-8-7-12-29-14-11-20-17-24(33-4)27(34-5)21-9-10-23(29)26(20)21;/h15-17,23H,6-14H2,1-5H3;1H. The number of ether oxygens (including phenoxy) is 2. The van der Waals surface area contributed by atoms with Gasteiger partial charge in [-0.25, -0.2) is 8.42 Å². The second-order valence-electron chi connectivity index (χ2n) is 9.57. The summed E-state index contributed by atoms with van der Waals surface area (Å²) in [7, 11) is -0.133. The van der Waals surface area contributed by atoms with Gasteiger partial charge in [-0.15, -0.1) is 12.4 Å². The highest BCUT2D eigenvalue weighted by Gasteiger charge is 2.36. The fourth-order valence-electron chi connectivity index (χ4n) is 5.71. The van der Waals surface area contributed by atoms with Crippen molar-refractivity contribution in [2.75, 3.05) is 40.4 Å². The van der Waals surface area contributed by atoms with Crippen molar-refractivity contribution in [1.29, 1.82) is 0 Å². The van der Waals surface area contributed by atoms with Crippen LogP contribution in [0.5, 0.6) is 11.5 Å². The molecular formula is C27H38Cl2N2O4S. The average Bonchev–Trinajstić information content (AvgIpc) is 3.28. The second-order valence-corrected chi connectivity index (χ2v) is 11.9.